The van der Waals surface area contributed by atoms with Crippen LogP contribution in [0.4, 0.5) is 0 Å². The van der Waals surface area contributed by atoms with Crippen LogP contribution in [-0.4, -0.2) is 51.3 Å². The van der Waals surface area contributed by atoms with E-state index >= 15 is 0 Å². The Balaban J connectivity index is 2.00. The Morgan fingerprint density at radius 2 is 2.00 bits per heavy atom. The van der Waals surface area contributed by atoms with E-state index in [1.54, 1.807) is 7.11 Å². The van der Waals surface area contributed by atoms with Crippen molar-refractivity contribution in [1.82, 2.24) is 10.2 Å². The second kappa shape index (κ2) is 8.04. The Kier molecular flexibility index (Phi) is 7.01. The standard InChI is InChI=1S/C13H28N2O/c1-12(13-6-4-5-7-13)14-8-9-15(2)10-11-16-3/h12-14H,4-11H2,1-3H3. The zero-order chi connectivity index (χ0) is 11.8. The molecule has 0 aromatic rings. The topological polar surface area (TPSA) is 24.5 Å². The summed E-state index contributed by atoms with van der Waals surface area (Å²) in [6.07, 6.45) is 5.72. The van der Waals surface area contributed by atoms with Crippen molar-refractivity contribution in [2.45, 2.75) is 38.6 Å². The van der Waals surface area contributed by atoms with E-state index in [2.05, 4.69) is 24.2 Å². The molecular formula is C13H28N2O. The lowest BCUT2D eigenvalue weighted by atomic mass is 10.00. The molecule has 0 saturated heterocycles. The predicted octanol–water partition coefficient (Wildman–Crippen LogP) is 1.73. The van der Waals surface area contributed by atoms with Gasteiger partial charge in [0.1, 0.15) is 0 Å². The van der Waals surface area contributed by atoms with Gasteiger partial charge in [-0.3, -0.25) is 0 Å². The predicted molar refractivity (Wildman–Crippen MR) is 68.8 cm³/mol. The lowest BCUT2D eigenvalue weighted by molar-refractivity contribution is 0.160. The van der Waals surface area contributed by atoms with Crippen LogP contribution >= 0.6 is 0 Å². The number of rotatable bonds is 8. The van der Waals surface area contributed by atoms with Gasteiger partial charge in [0.25, 0.3) is 0 Å². The van der Waals surface area contributed by atoms with Crippen molar-refractivity contribution in [2.24, 2.45) is 5.92 Å². The molecular weight excluding hydrogens is 200 g/mol. The number of nitrogens with one attached hydrogen (secondary N) is 1. The molecule has 0 aliphatic heterocycles. The van der Waals surface area contributed by atoms with Gasteiger partial charge in [0, 0.05) is 32.8 Å². The van der Waals surface area contributed by atoms with Gasteiger partial charge in [-0.05, 0) is 32.7 Å². The molecule has 0 aromatic heterocycles. The smallest absolute Gasteiger partial charge is 0.0589 e. The number of ether oxygens (including phenoxy) is 1. The molecule has 0 bridgehead atoms. The van der Waals surface area contributed by atoms with Crippen LogP contribution in [0.15, 0.2) is 0 Å². The lowest BCUT2D eigenvalue weighted by Crippen LogP contribution is -2.38. The van der Waals surface area contributed by atoms with Crippen LogP contribution in [0.1, 0.15) is 32.6 Å². The van der Waals surface area contributed by atoms with E-state index in [0.717, 1.165) is 32.2 Å². The van der Waals surface area contributed by atoms with E-state index in [1.165, 1.54) is 25.7 Å². The third-order valence-electron chi connectivity index (χ3n) is 3.74. The minimum Gasteiger partial charge on any atom is -0.383 e. The summed E-state index contributed by atoms with van der Waals surface area (Å²) >= 11 is 0. The van der Waals surface area contributed by atoms with Crippen molar-refractivity contribution in [2.75, 3.05) is 40.4 Å². The summed E-state index contributed by atoms with van der Waals surface area (Å²) in [6, 6.07) is 0.693. The van der Waals surface area contributed by atoms with Crippen LogP contribution < -0.4 is 5.32 Å². The SMILES string of the molecule is COCCN(C)CCNC(C)C1CCCC1. The van der Waals surface area contributed by atoms with Crippen molar-refractivity contribution in [3.63, 3.8) is 0 Å². The quantitative estimate of drug-likeness (QED) is 0.685. The maximum Gasteiger partial charge on any atom is 0.0589 e. The second-order valence-corrected chi connectivity index (χ2v) is 5.08. The third kappa shape index (κ3) is 5.28. The average molecular weight is 228 g/mol. The summed E-state index contributed by atoms with van der Waals surface area (Å²) < 4.78 is 5.06. The summed E-state index contributed by atoms with van der Waals surface area (Å²) in [4.78, 5) is 2.32. The summed E-state index contributed by atoms with van der Waals surface area (Å²) in [6.45, 7) is 6.40. The maximum atomic E-state index is 5.06. The zero-order valence-corrected chi connectivity index (χ0v) is 11.2. The molecule has 1 rings (SSSR count). The van der Waals surface area contributed by atoms with Gasteiger partial charge in [-0.2, -0.15) is 0 Å². The molecule has 1 saturated carbocycles. The highest BCUT2D eigenvalue weighted by Gasteiger charge is 2.20. The van der Waals surface area contributed by atoms with Gasteiger partial charge in [-0.25, -0.2) is 0 Å². The monoisotopic (exact) mass is 228 g/mol. The van der Waals surface area contributed by atoms with Gasteiger partial charge < -0.3 is 15.0 Å². The molecule has 1 fully saturated rings. The number of methoxy groups -OCH3 is 1. The van der Waals surface area contributed by atoms with E-state index in [4.69, 9.17) is 4.74 Å². The summed E-state index contributed by atoms with van der Waals surface area (Å²) in [5.41, 5.74) is 0. The van der Waals surface area contributed by atoms with E-state index in [0.29, 0.717) is 6.04 Å². The zero-order valence-electron chi connectivity index (χ0n) is 11.2. The van der Waals surface area contributed by atoms with Crippen LogP contribution in [0.2, 0.25) is 0 Å². The Hall–Kier alpha value is -0.120. The van der Waals surface area contributed by atoms with Crippen LogP contribution in [-0.2, 0) is 4.74 Å². The highest BCUT2D eigenvalue weighted by Crippen LogP contribution is 2.27. The molecule has 1 aliphatic rings. The molecule has 0 amide bonds. The fraction of sp³-hybridized carbons (Fsp3) is 1.00. The first-order valence-corrected chi connectivity index (χ1v) is 6.65. The molecule has 3 nitrogen and oxygen atoms in total. The van der Waals surface area contributed by atoms with E-state index in [-0.39, 0.29) is 0 Å². The molecule has 16 heavy (non-hydrogen) atoms. The van der Waals surface area contributed by atoms with Gasteiger partial charge in [0.05, 0.1) is 6.61 Å². The summed E-state index contributed by atoms with van der Waals surface area (Å²) in [5.74, 6) is 0.921. The minimum atomic E-state index is 0.693. The third-order valence-corrected chi connectivity index (χ3v) is 3.74. The van der Waals surface area contributed by atoms with E-state index in [9.17, 15) is 0 Å². The lowest BCUT2D eigenvalue weighted by Gasteiger charge is -2.22. The van der Waals surface area contributed by atoms with Gasteiger partial charge in [0.2, 0.25) is 0 Å². The Morgan fingerprint density at radius 3 is 2.62 bits per heavy atom. The van der Waals surface area contributed by atoms with Gasteiger partial charge in [-0.15, -0.1) is 0 Å². The summed E-state index contributed by atoms with van der Waals surface area (Å²) in [7, 11) is 3.91. The maximum absolute atomic E-state index is 5.06. The number of hydrogen-bond acceptors (Lipinski definition) is 3. The van der Waals surface area contributed by atoms with Crippen molar-refractivity contribution in [3.8, 4) is 0 Å². The number of likely N-dealkylation sites (N-methyl/N-ethyl adjacent to an activating group) is 1. The fourth-order valence-electron chi connectivity index (χ4n) is 2.47. The highest BCUT2D eigenvalue weighted by atomic mass is 16.5. The molecule has 3 heteroatoms. The first-order chi connectivity index (χ1) is 7.74. The Bertz CT molecular complexity index is 169. The molecule has 96 valence electrons. The van der Waals surface area contributed by atoms with E-state index < -0.39 is 0 Å². The molecule has 1 aliphatic carbocycles. The van der Waals surface area contributed by atoms with Gasteiger partial charge in [-0.1, -0.05) is 12.8 Å². The molecule has 1 unspecified atom stereocenters. The highest BCUT2D eigenvalue weighted by molar-refractivity contribution is 4.77. The molecule has 0 radical (unpaired) electrons. The largest absolute Gasteiger partial charge is 0.383 e. The van der Waals surface area contributed by atoms with Crippen molar-refractivity contribution >= 4 is 0 Å². The van der Waals surface area contributed by atoms with Crippen LogP contribution in [0, 0.1) is 5.92 Å². The van der Waals surface area contributed by atoms with E-state index in [1.807, 2.05) is 0 Å². The van der Waals surface area contributed by atoms with Gasteiger partial charge in [0.15, 0.2) is 0 Å². The second-order valence-electron chi connectivity index (χ2n) is 5.08. The molecule has 0 spiro atoms. The van der Waals surface area contributed by atoms with Crippen molar-refractivity contribution < 1.29 is 4.74 Å². The molecule has 1 atom stereocenters. The van der Waals surface area contributed by atoms with Crippen molar-refractivity contribution in [3.05, 3.63) is 0 Å². The first kappa shape index (κ1) is 13.9. The summed E-state index contributed by atoms with van der Waals surface area (Å²) in [5, 5.41) is 3.65. The van der Waals surface area contributed by atoms with Crippen molar-refractivity contribution in [1.29, 1.82) is 0 Å². The number of nitrogens with zero attached hydrogens (tertiary/aromatic N) is 1. The molecule has 0 aromatic carbocycles. The van der Waals surface area contributed by atoms with Gasteiger partial charge >= 0.3 is 0 Å². The Labute approximate surface area is 101 Å². The fourth-order valence-corrected chi connectivity index (χ4v) is 2.47. The Morgan fingerprint density at radius 1 is 1.31 bits per heavy atom. The number of hydrogen-bond donors (Lipinski definition) is 1. The minimum absolute atomic E-state index is 0.693. The van der Waals surface area contributed by atoms with Crippen LogP contribution in [0.5, 0.6) is 0 Å². The molecule has 0 heterocycles. The molecule has 1 N–H and O–H groups in total. The van der Waals surface area contributed by atoms with Crippen LogP contribution in [0.3, 0.4) is 0 Å². The van der Waals surface area contributed by atoms with Crippen LogP contribution in [0.25, 0.3) is 0 Å². The average Bonchev–Trinajstić information content (AvgIpc) is 2.79. The first-order valence-electron chi connectivity index (χ1n) is 6.65. The normalized spacial score (nSPS) is 19.5.